The topological polar surface area (TPSA) is 89.9 Å². The number of nitrogens with zero attached hydrogens (tertiary/aromatic N) is 1. The first-order chi connectivity index (χ1) is 15.5. The van der Waals surface area contributed by atoms with Gasteiger partial charge in [-0.2, -0.15) is 8.78 Å². The maximum atomic E-state index is 14.3. The molecule has 33 heavy (non-hydrogen) atoms. The van der Waals surface area contributed by atoms with Crippen molar-refractivity contribution >= 4 is 56.5 Å². The Morgan fingerprint density at radius 1 is 1.30 bits per heavy atom. The number of thiophene rings is 1. The molecule has 5 rings (SSSR count). The van der Waals surface area contributed by atoms with Crippen LogP contribution in [-0.4, -0.2) is 35.8 Å². The Labute approximate surface area is 200 Å². The van der Waals surface area contributed by atoms with Gasteiger partial charge in [-0.1, -0.05) is 18.2 Å². The molecule has 3 N–H and O–H groups in total. The maximum Gasteiger partial charge on any atom is 0.400 e. The predicted molar refractivity (Wildman–Crippen MR) is 127 cm³/mol. The number of alkyl halides is 2. The minimum Gasteiger partial charge on any atom is -0.374 e. The molecule has 0 radical (unpaired) electrons. The van der Waals surface area contributed by atoms with Gasteiger partial charge in [0, 0.05) is 45.9 Å². The molecular weight excluding hydrogens is 537 g/mol. The molecule has 0 spiro atoms. The van der Waals surface area contributed by atoms with E-state index >= 15 is 0 Å². The number of anilines is 1. The van der Waals surface area contributed by atoms with Gasteiger partial charge in [-0.05, 0) is 63.5 Å². The average molecular weight is 557 g/mol. The molecule has 0 saturated heterocycles. The number of nitrogens with one attached hydrogen (secondary N) is 1. The summed E-state index contributed by atoms with van der Waals surface area (Å²) in [6, 6.07) is 12.8. The van der Waals surface area contributed by atoms with E-state index in [4.69, 9.17) is 9.79 Å². The van der Waals surface area contributed by atoms with Gasteiger partial charge in [-0.25, -0.2) is 0 Å². The van der Waals surface area contributed by atoms with Gasteiger partial charge in [-0.3, -0.25) is 9.36 Å². The van der Waals surface area contributed by atoms with Crippen molar-refractivity contribution < 1.29 is 27.9 Å². The zero-order chi connectivity index (χ0) is 23.7. The number of halogens is 3. The highest BCUT2D eigenvalue weighted by Crippen LogP contribution is 2.63. The van der Waals surface area contributed by atoms with Crippen LogP contribution in [0.15, 0.2) is 46.9 Å². The van der Waals surface area contributed by atoms with Crippen molar-refractivity contribution in [3.63, 3.8) is 0 Å². The fraction of sp³-hybridized carbons (Fsp3) is 0.318. The van der Waals surface area contributed by atoms with Crippen LogP contribution in [-0.2, 0) is 10.2 Å². The third-order valence-electron chi connectivity index (χ3n) is 6.55. The molecule has 1 fully saturated rings. The minimum atomic E-state index is -5.69. The van der Waals surface area contributed by atoms with E-state index in [0.29, 0.717) is 51.3 Å². The average Bonchev–Trinajstić information content (AvgIpc) is 3.36. The van der Waals surface area contributed by atoms with Crippen LogP contribution < -0.4 is 10.2 Å². The molecule has 11 heteroatoms. The highest BCUT2D eigenvalue weighted by Gasteiger charge is 2.54. The summed E-state index contributed by atoms with van der Waals surface area (Å²) in [5.74, 6) is 0.925. The van der Waals surface area contributed by atoms with Gasteiger partial charge in [0.25, 0.3) is 5.91 Å². The normalized spacial score (nSPS) is 22.1. The quantitative estimate of drug-likeness (QED) is 0.380. The second kappa shape index (κ2) is 7.85. The standard InChI is InChI=1S/C22H20BrF2N2O4PS/c1-27-10-15-14(18(15)12-4-2-3-5-16(12)27)9-26-21(28)11-6-7-17-13(8-11)19(23)20(33-17)22(24,25)32(29,30)31/h2-8,14-15,18H,9-10H2,1H3,(H,26,28)(H2,29,30,31)/t14-,15-,18+/m0/s1. The molecule has 2 heterocycles. The first-order valence-electron chi connectivity index (χ1n) is 10.2. The van der Waals surface area contributed by atoms with Crippen LogP contribution in [0.25, 0.3) is 10.1 Å². The summed E-state index contributed by atoms with van der Waals surface area (Å²) >= 11 is 3.64. The molecule has 6 nitrogen and oxygen atoms in total. The van der Waals surface area contributed by atoms with Crippen molar-refractivity contribution in [2.75, 3.05) is 25.0 Å². The number of amides is 1. The molecule has 2 aromatic carbocycles. The summed E-state index contributed by atoms with van der Waals surface area (Å²) in [5, 5.41) is 3.28. The Hall–Kier alpha value is -1.84. The molecule has 1 saturated carbocycles. The molecular formula is C22H20BrF2N2O4PS. The molecule has 1 amide bonds. The van der Waals surface area contributed by atoms with E-state index in [1.165, 1.54) is 29.4 Å². The number of carbonyl (C=O) groups is 1. The molecule has 3 atom stereocenters. The number of hydrogen-bond donors (Lipinski definition) is 3. The van der Waals surface area contributed by atoms with Gasteiger partial charge >= 0.3 is 13.3 Å². The summed E-state index contributed by atoms with van der Waals surface area (Å²) in [5.41, 5.74) is -1.49. The van der Waals surface area contributed by atoms with Crippen LogP contribution in [0, 0.1) is 11.8 Å². The summed E-state index contributed by atoms with van der Waals surface area (Å²) in [7, 11) is -3.62. The number of carbonyl (C=O) groups excluding carboxylic acids is 1. The van der Waals surface area contributed by atoms with Crippen LogP contribution in [0.2, 0.25) is 0 Å². The second-order valence-corrected chi connectivity index (χ2v) is 12.0. The molecule has 2 aliphatic rings. The molecule has 1 aliphatic carbocycles. The fourth-order valence-corrected chi connectivity index (χ4v) is 7.74. The zero-order valence-electron chi connectivity index (χ0n) is 17.3. The Kier molecular flexibility index (Phi) is 5.45. The Bertz CT molecular complexity index is 1330. The van der Waals surface area contributed by atoms with E-state index in [1.54, 1.807) is 0 Å². The zero-order valence-corrected chi connectivity index (χ0v) is 20.6. The van der Waals surface area contributed by atoms with Gasteiger partial charge in [0.05, 0.1) is 0 Å². The van der Waals surface area contributed by atoms with Gasteiger partial charge < -0.3 is 20.0 Å². The lowest BCUT2D eigenvalue weighted by Gasteiger charge is -2.26. The Morgan fingerprint density at radius 3 is 2.76 bits per heavy atom. The molecule has 174 valence electrons. The maximum absolute atomic E-state index is 14.3. The summed E-state index contributed by atoms with van der Waals surface area (Å²) in [4.78, 5) is 32.4. The molecule has 0 bridgehead atoms. The molecule has 1 aromatic heterocycles. The number of fused-ring (bicyclic) bond motifs is 4. The van der Waals surface area contributed by atoms with E-state index in [9.17, 15) is 18.1 Å². The highest BCUT2D eigenvalue weighted by molar-refractivity contribution is 9.10. The van der Waals surface area contributed by atoms with Crippen LogP contribution in [0.4, 0.5) is 14.5 Å². The lowest BCUT2D eigenvalue weighted by molar-refractivity contribution is 0.0595. The third-order valence-corrected chi connectivity index (χ3v) is 9.98. The highest BCUT2D eigenvalue weighted by atomic mass is 79.9. The van der Waals surface area contributed by atoms with Crippen LogP contribution in [0.1, 0.15) is 26.7 Å². The fourth-order valence-electron chi connectivity index (χ4n) is 4.81. The van der Waals surface area contributed by atoms with Gasteiger partial charge in [0.1, 0.15) is 4.88 Å². The first-order valence-corrected chi connectivity index (χ1v) is 13.5. The SMILES string of the molecule is CN1C[C@H]2[C@H](CNC(=O)c3ccc4sc(C(F)(F)P(=O)(O)O)c(Br)c4c3)[C@H]2c2ccccc21. The lowest BCUT2D eigenvalue weighted by atomic mass is 10.0. The van der Waals surface area contributed by atoms with Crippen molar-refractivity contribution in [3.8, 4) is 0 Å². The molecule has 0 unspecified atom stereocenters. The summed E-state index contributed by atoms with van der Waals surface area (Å²) < 4.78 is 40.1. The Morgan fingerprint density at radius 2 is 2.03 bits per heavy atom. The number of para-hydroxylation sites is 1. The first kappa shape index (κ1) is 22.9. The van der Waals surface area contributed by atoms with Crippen molar-refractivity contribution in [1.82, 2.24) is 5.32 Å². The van der Waals surface area contributed by atoms with Crippen molar-refractivity contribution in [3.05, 3.63) is 62.9 Å². The van der Waals surface area contributed by atoms with E-state index in [0.717, 1.165) is 6.54 Å². The van der Waals surface area contributed by atoms with Crippen molar-refractivity contribution in [2.24, 2.45) is 11.8 Å². The van der Waals surface area contributed by atoms with E-state index in [1.807, 2.05) is 12.1 Å². The monoisotopic (exact) mass is 556 g/mol. The largest absolute Gasteiger partial charge is 0.400 e. The smallest absolute Gasteiger partial charge is 0.374 e. The van der Waals surface area contributed by atoms with Gasteiger partial charge in [0.2, 0.25) is 0 Å². The van der Waals surface area contributed by atoms with Crippen LogP contribution in [0.3, 0.4) is 0 Å². The summed E-state index contributed by atoms with van der Waals surface area (Å²) in [6.45, 7) is 1.45. The summed E-state index contributed by atoms with van der Waals surface area (Å²) in [6.07, 6.45) is 0. The number of hydrogen-bond acceptors (Lipinski definition) is 4. The van der Waals surface area contributed by atoms with E-state index in [2.05, 4.69) is 45.3 Å². The van der Waals surface area contributed by atoms with Crippen molar-refractivity contribution in [1.29, 1.82) is 0 Å². The minimum absolute atomic E-state index is 0.113. The van der Waals surface area contributed by atoms with Crippen LogP contribution in [0.5, 0.6) is 0 Å². The van der Waals surface area contributed by atoms with E-state index < -0.39 is 18.1 Å². The number of benzene rings is 2. The van der Waals surface area contributed by atoms with E-state index in [-0.39, 0.29) is 10.4 Å². The van der Waals surface area contributed by atoms with Crippen LogP contribution >= 0.6 is 34.9 Å². The molecule has 3 aromatic rings. The predicted octanol–water partition coefficient (Wildman–Crippen LogP) is 5.10. The van der Waals surface area contributed by atoms with Gasteiger partial charge in [0.15, 0.2) is 0 Å². The van der Waals surface area contributed by atoms with Crippen molar-refractivity contribution in [2.45, 2.75) is 11.6 Å². The van der Waals surface area contributed by atoms with Gasteiger partial charge in [-0.15, -0.1) is 11.3 Å². The third kappa shape index (κ3) is 3.72. The Balaban J connectivity index is 1.33. The number of rotatable bonds is 5. The lowest BCUT2D eigenvalue weighted by Crippen LogP contribution is -2.27. The second-order valence-electron chi connectivity index (χ2n) is 8.54. The molecule has 1 aliphatic heterocycles.